The maximum atomic E-state index is 11.7. The number of anilines is 6. The third kappa shape index (κ3) is 6.12. The molecule has 0 fully saturated rings. The SMILES string of the molecule is O=[N+]([O-])c1ccc2cc(N(c3ccc(Cl)cc3)c3ccc(Cl)cc3)c(N(c3ccc(Cl)cc3)c3ccc(Cl)cc3)cc2c1. The molecule has 0 aliphatic carbocycles. The van der Waals surface area contributed by atoms with Gasteiger partial charge < -0.3 is 9.80 Å². The van der Waals surface area contributed by atoms with Crippen molar-refractivity contribution >= 4 is 97.0 Å². The molecule has 0 aliphatic rings. The van der Waals surface area contributed by atoms with Crippen LogP contribution in [-0.2, 0) is 0 Å². The summed E-state index contributed by atoms with van der Waals surface area (Å²) in [6.45, 7) is 0. The number of rotatable bonds is 7. The Morgan fingerprint density at radius 2 is 0.767 bits per heavy atom. The van der Waals surface area contributed by atoms with Gasteiger partial charge in [-0.2, -0.15) is 0 Å². The Labute approximate surface area is 268 Å². The van der Waals surface area contributed by atoms with Crippen LogP contribution in [0.4, 0.5) is 39.8 Å². The molecule has 0 aromatic heterocycles. The molecule has 5 nitrogen and oxygen atoms in total. The number of non-ortho nitro benzene ring substituents is 1. The van der Waals surface area contributed by atoms with Crippen LogP contribution >= 0.6 is 46.4 Å². The molecule has 212 valence electrons. The number of nitrogens with zero attached hydrogens (tertiary/aromatic N) is 3. The first kappa shape index (κ1) is 28.8. The van der Waals surface area contributed by atoms with E-state index in [2.05, 4.69) is 9.80 Å². The van der Waals surface area contributed by atoms with Gasteiger partial charge in [-0.25, -0.2) is 0 Å². The van der Waals surface area contributed by atoms with Crippen molar-refractivity contribution < 1.29 is 4.92 Å². The van der Waals surface area contributed by atoms with Crippen molar-refractivity contribution in [2.45, 2.75) is 0 Å². The van der Waals surface area contributed by atoms with Crippen molar-refractivity contribution in [1.82, 2.24) is 0 Å². The lowest BCUT2D eigenvalue weighted by atomic mass is 10.0. The molecule has 0 aliphatic heterocycles. The molecule has 6 rings (SSSR count). The monoisotopic (exact) mass is 643 g/mol. The first-order valence-electron chi connectivity index (χ1n) is 13.1. The highest BCUT2D eigenvalue weighted by atomic mass is 35.5. The summed E-state index contributed by atoms with van der Waals surface area (Å²) in [5.74, 6) is 0. The highest BCUT2D eigenvalue weighted by molar-refractivity contribution is 6.31. The predicted molar refractivity (Wildman–Crippen MR) is 180 cm³/mol. The van der Waals surface area contributed by atoms with Crippen LogP contribution in [0.1, 0.15) is 0 Å². The normalized spacial score (nSPS) is 11.0. The molecule has 0 atom stereocenters. The number of fused-ring (bicyclic) bond motifs is 1. The first-order valence-corrected chi connectivity index (χ1v) is 14.6. The second-order valence-corrected chi connectivity index (χ2v) is 11.5. The number of nitro groups is 1. The van der Waals surface area contributed by atoms with Gasteiger partial charge in [-0.3, -0.25) is 10.1 Å². The molecule has 9 heteroatoms. The number of halogens is 4. The Morgan fingerprint density at radius 1 is 0.442 bits per heavy atom. The molecule has 0 N–H and O–H groups in total. The fraction of sp³-hybridized carbons (Fsp3) is 0. The van der Waals surface area contributed by atoms with Gasteiger partial charge in [0, 0.05) is 55.0 Å². The van der Waals surface area contributed by atoms with Gasteiger partial charge in [-0.15, -0.1) is 0 Å². The number of nitro benzene ring substituents is 1. The van der Waals surface area contributed by atoms with Crippen molar-refractivity contribution in [3.8, 4) is 0 Å². The Kier molecular flexibility index (Phi) is 8.15. The van der Waals surface area contributed by atoms with Gasteiger partial charge in [0.05, 0.1) is 16.3 Å². The molecular formula is C34H21Cl4N3O2. The Bertz CT molecular complexity index is 1840. The van der Waals surface area contributed by atoms with Crippen molar-refractivity contribution in [1.29, 1.82) is 0 Å². The lowest BCUT2D eigenvalue weighted by Crippen LogP contribution is -2.17. The number of hydrogen-bond acceptors (Lipinski definition) is 4. The van der Waals surface area contributed by atoms with Crippen LogP contribution in [0.25, 0.3) is 10.8 Å². The molecule has 6 aromatic rings. The zero-order valence-electron chi connectivity index (χ0n) is 22.3. The summed E-state index contributed by atoms with van der Waals surface area (Å²) < 4.78 is 0. The molecule has 0 radical (unpaired) electrons. The summed E-state index contributed by atoms with van der Waals surface area (Å²) in [5.41, 5.74) is 4.90. The van der Waals surface area contributed by atoms with Gasteiger partial charge in [0.1, 0.15) is 0 Å². The maximum Gasteiger partial charge on any atom is 0.270 e. The second kappa shape index (κ2) is 12.2. The van der Waals surface area contributed by atoms with Crippen LogP contribution in [-0.4, -0.2) is 4.92 Å². The summed E-state index contributed by atoms with van der Waals surface area (Å²) in [7, 11) is 0. The topological polar surface area (TPSA) is 49.6 Å². The van der Waals surface area contributed by atoms with E-state index < -0.39 is 4.92 Å². The molecule has 6 aromatic carbocycles. The van der Waals surface area contributed by atoms with E-state index in [1.54, 1.807) is 12.1 Å². The van der Waals surface area contributed by atoms with Gasteiger partial charge in [-0.1, -0.05) is 46.4 Å². The largest absolute Gasteiger partial charge is 0.308 e. The van der Waals surface area contributed by atoms with E-state index in [4.69, 9.17) is 46.4 Å². The van der Waals surface area contributed by atoms with Gasteiger partial charge in [0.15, 0.2) is 0 Å². The molecule has 0 spiro atoms. The summed E-state index contributed by atoms with van der Waals surface area (Å²) in [4.78, 5) is 15.5. The second-order valence-electron chi connectivity index (χ2n) is 9.71. The Hall–Kier alpha value is -4.26. The van der Waals surface area contributed by atoms with Gasteiger partial charge in [0.25, 0.3) is 5.69 Å². The van der Waals surface area contributed by atoms with Crippen molar-refractivity contribution in [2.24, 2.45) is 0 Å². The standard InChI is InChI=1S/C34H21Cl4N3O2/c35-24-2-11-28(12-3-24)39(29-13-4-25(36)5-14-29)33-20-22-1-10-32(41(42)43)19-23(22)21-34(33)40(30-15-6-26(37)7-16-30)31-17-8-27(38)9-18-31/h1-21H. The molecular weight excluding hydrogens is 624 g/mol. The average Bonchev–Trinajstić information content (AvgIpc) is 3.01. The van der Waals surface area contributed by atoms with Crippen LogP contribution in [0, 0.1) is 10.1 Å². The zero-order chi connectivity index (χ0) is 30.1. The Morgan fingerprint density at radius 3 is 1.09 bits per heavy atom. The lowest BCUT2D eigenvalue weighted by molar-refractivity contribution is -0.384. The van der Waals surface area contributed by atoms with Crippen LogP contribution in [0.15, 0.2) is 127 Å². The van der Waals surface area contributed by atoms with E-state index in [9.17, 15) is 10.1 Å². The zero-order valence-corrected chi connectivity index (χ0v) is 25.3. The molecule has 0 saturated heterocycles. The van der Waals surface area contributed by atoms with E-state index >= 15 is 0 Å². The summed E-state index contributed by atoms with van der Waals surface area (Å²) >= 11 is 25.2. The molecule has 0 saturated carbocycles. The van der Waals surface area contributed by atoms with Gasteiger partial charge >= 0.3 is 0 Å². The predicted octanol–water partition coefficient (Wildman–Crippen LogP) is 12.3. The first-order chi connectivity index (χ1) is 20.8. The molecule has 0 heterocycles. The van der Waals surface area contributed by atoms with Crippen LogP contribution in [0.2, 0.25) is 20.1 Å². The van der Waals surface area contributed by atoms with Gasteiger partial charge in [-0.05, 0) is 126 Å². The van der Waals surface area contributed by atoms with Gasteiger partial charge in [0.2, 0.25) is 0 Å². The molecule has 0 bridgehead atoms. The average molecular weight is 645 g/mol. The highest BCUT2D eigenvalue weighted by Crippen LogP contribution is 2.48. The third-order valence-corrected chi connectivity index (χ3v) is 7.96. The minimum absolute atomic E-state index is 0.00277. The third-order valence-electron chi connectivity index (χ3n) is 6.95. The minimum Gasteiger partial charge on any atom is -0.308 e. The Balaban J connectivity index is 1.70. The van der Waals surface area contributed by atoms with E-state index in [1.807, 2.05) is 109 Å². The van der Waals surface area contributed by atoms with Crippen molar-refractivity contribution in [2.75, 3.05) is 9.80 Å². The molecule has 43 heavy (non-hydrogen) atoms. The van der Waals surface area contributed by atoms with Crippen molar-refractivity contribution in [3.05, 3.63) is 158 Å². The molecule has 0 unspecified atom stereocenters. The minimum atomic E-state index is -0.392. The number of benzene rings is 6. The van der Waals surface area contributed by atoms with Crippen molar-refractivity contribution in [3.63, 3.8) is 0 Å². The number of hydrogen-bond donors (Lipinski definition) is 0. The van der Waals surface area contributed by atoms with E-state index in [0.29, 0.717) is 25.5 Å². The van der Waals surface area contributed by atoms with Crippen LogP contribution < -0.4 is 9.80 Å². The fourth-order valence-corrected chi connectivity index (χ4v) is 5.45. The summed E-state index contributed by atoms with van der Waals surface area (Å²) in [5, 5.41) is 15.6. The van der Waals surface area contributed by atoms with Crippen LogP contribution in [0.3, 0.4) is 0 Å². The highest BCUT2D eigenvalue weighted by Gasteiger charge is 2.24. The summed E-state index contributed by atoms with van der Waals surface area (Å²) in [6.07, 6.45) is 0. The van der Waals surface area contributed by atoms with E-state index in [0.717, 1.165) is 39.5 Å². The molecule has 0 amide bonds. The van der Waals surface area contributed by atoms with E-state index in [1.165, 1.54) is 6.07 Å². The van der Waals surface area contributed by atoms with Crippen LogP contribution in [0.5, 0.6) is 0 Å². The van der Waals surface area contributed by atoms with E-state index in [-0.39, 0.29) is 5.69 Å². The quantitative estimate of drug-likeness (QED) is 0.128. The maximum absolute atomic E-state index is 11.7. The smallest absolute Gasteiger partial charge is 0.270 e. The lowest BCUT2D eigenvalue weighted by Gasteiger charge is -2.33. The fourth-order valence-electron chi connectivity index (χ4n) is 4.95. The summed E-state index contributed by atoms with van der Waals surface area (Å²) in [6, 6.07) is 38.9.